The summed E-state index contributed by atoms with van der Waals surface area (Å²) in [5.41, 5.74) is -1.02. The molecule has 2 aromatic heterocycles. The molecular weight excluding hydrogens is 248 g/mol. The standard InChI is InChI=1S/C12H18N4O3/c1-4-15-9-8(13-7-14-9)10(17)16(11(15)18)6-5-12(2,3)19/h7,19H,4-6H2,1-3H3,(H,13,14). The van der Waals surface area contributed by atoms with E-state index >= 15 is 0 Å². The van der Waals surface area contributed by atoms with Crippen LogP contribution in [0.25, 0.3) is 11.2 Å². The first kappa shape index (κ1) is 13.5. The molecule has 0 bridgehead atoms. The maximum absolute atomic E-state index is 12.2. The van der Waals surface area contributed by atoms with Crippen molar-refractivity contribution in [3.05, 3.63) is 27.2 Å². The zero-order chi connectivity index (χ0) is 14.2. The molecule has 0 amide bonds. The van der Waals surface area contributed by atoms with Gasteiger partial charge < -0.3 is 10.1 Å². The number of hydrogen-bond acceptors (Lipinski definition) is 4. The number of nitrogens with one attached hydrogen (secondary N) is 1. The second kappa shape index (κ2) is 4.65. The topological polar surface area (TPSA) is 92.9 Å². The van der Waals surface area contributed by atoms with Gasteiger partial charge in [0.15, 0.2) is 5.65 Å². The van der Waals surface area contributed by atoms with Crippen LogP contribution in [-0.2, 0) is 13.1 Å². The number of hydrogen-bond donors (Lipinski definition) is 2. The fourth-order valence-corrected chi connectivity index (χ4v) is 1.97. The zero-order valence-corrected chi connectivity index (χ0v) is 11.3. The maximum Gasteiger partial charge on any atom is 0.332 e. The Balaban J connectivity index is 2.61. The molecule has 0 spiro atoms. The Labute approximate surface area is 109 Å². The molecule has 7 nitrogen and oxygen atoms in total. The van der Waals surface area contributed by atoms with E-state index in [4.69, 9.17) is 0 Å². The van der Waals surface area contributed by atoms with Gasteiger partial charge in [-0.1, -0.05) is 0 Å². The molecule has 0 atom stereocenters. The normalized spacial score (nSPS) is 12.2. The van der Waals surface area contributed by atoms with E-state index in [1.807, 2.05) is 6.92 Å². The predicted molar refractivity (Wildman–Crippen MR) is 71.2 cm³/mol. The first-order valence-electron chi connectivity index (χ1n) is 6.24. The van der Waals surface area contributed by atoms with E-state index in [0.29, 0.717) is 24.1 Å². The lowest BCUT2D eigenvalue weighted by atomic mass is 10.1. The van der Waals surface area contributed by atoms with E-state index in [2.05, 4.69) is 9.97 Å². The van der Waals surface area contributed by atoms with Gasteiger partial charge in [0.1, 0.15) is 5.52 Å². The van der Waals surface area contributed by atoms with E-state index in [1.165, 1.54) is 10.9 Å². The summed E-state index contributed by atoms with van der Waals surface area (Å²) in [6.07, 6.45) is 1.73. The van der Waals surface area contributed by atoms with E-state index in [-0.39, 0.29) is 6.54 Å². The lowest BCUT2D eigenvalue weighted by Gasteiger charge is -2.17. The SMILES string of the molecule is CCn1c(=O)n(CCC(C)(C)O)c(=O)c2[nH]cnc21. The third-order valence-corrected chi connectivity index (χ3v) is 3.06. The molecule has 2 N–H and O–H groups in total. The fourth-order valence-electron chi connectivity index (χ4n) is 1.97. The van der Waals surface area contributed by atoms with Crippen LogP contribution in [0.15, 0.2) is 15.9 Å². The molecule has 0 aromatic carbocycles. The van der Waals surface area contributed by atoms with Gasteiger partial charge in [0, 0.05) is 13.1 Å². The van der Waals surface area contributed by atoms with Crippen LogP contribution in [0.3, 0.4) is 0 Å². The lowest BCUT2D eigenvalue weighted by Crippen LogP contribution is -2.41. The van der Waals surface area contributed by atoms with Crippen LogP contribution in [0.2, 0.25) is 0 Å². The van der Waals surface area contributed by atoms with Gasteiger partial charge >= 0.3 is 5.69 Å². The number of fused-ring (bicyclic) bond motifs is 1. The largest absolute Gasteiger partial charge is 0.390 e. The zero-order valence-electron chi connectivity index (χ0n) is 11.3. The molecule has 7 heteroatoms. The summed E-state index contributed by atoms with van der Waals surface area (Å²) in [5.74, 6) is 0. The van der Waals surface area contributed by atoms with Crippen molar-refractivity contribution in [1.82, 2.24) is 19.1 Å². The number of imidazole rings is 1. The summed E-state index contributed by atoms with van der Waals surface area (Å²) in [5, 5.41) is 9.72. The number of aryl methyl sites for hydroxylation is 1. The third-order valence-electron chi connectivity index (χ3n) is 3.06. The first-order valence-corrected chi connectivity index (χ1v) is 6.24. The first-order chi connectivity index (χ1) is 8.85. The van der Waals surface area contributed by atoms with Gasteiger partial charge in [-0.3, -0.25) is 13.9 Å². The number of H-pyrrole nitrogens is 1. The Bertz CT molecular complexity index is 702. The Hall–Kier alpha value is -1.89. The fraction of sp³-hybridized carbons (Fsp3) is 0.583. The smallest absolute Gasteiger partial charge is 0.332 e. The number of aromatic amines is 1. The maximum atomic E-state index is 12.2. The van der Waals surface area contributed by atoms with Crippen molar-refractivity contribution >= 4 is 11.2 Å². The molecule has 0 aliphatic rings. The van der Waals surface area contributed by atoms with Crippen LogP contribution < -0.4 is 11.2 Å². The average molecular weight is 266 g/mol. The predicted octanol–water partition coefficient (Wildman–Crippen LogP) is 0.0672. The van der Waals surface area contributed by atoms with Crippen LogP contribution in [-0.4, -0.2) is 29.8 Å². The monoisotopic (exact) mass is 266 g/mol. The molecule has 0 saturated heterocycles. The Morgan fingerprint density at radius 3 is 2.63 bits per heavy atom. The van der Waals surface area contributed by atoms with Crippen molar-refractivity contribution in [2.24, 2.45) is 0 Å². The summed E-state index contributed by atoms with van der Waals surface area (Å²) in [4.78, 5) is 31.2. The Kier molecular flexibility index (Phi) is 3.32. The average Bonchev–Trinajstić information content (AvgIpc) is 2.77. The summed E-state index contributed by atoms with van der Waals surface area (Å²) in [6, 6.07) is 0. The van der Waals surface area contributed by atoms with Gasteiger partial charge in [0.05, 0.1) is 11.9 Å². The molecular formula is C12H18N4O3. The number of aliphatic hydroxyl groups is 1. The molecule has 0 radical (unpaired) electrons. The molecule has 0 fully saturated rings. The summed E-state index contributed by atoms with van der Waals surface area (Å²) >= 11 is 0. The van der Waals surface area contributed by atoms with Crippen LogP contribution in [0.1, 0.15) is 27.2 Å². The van der Waals surface area contributed by atoms with Gasteiger partial charge in [-0.15, -0.1) is 0 Å². The van der Waals surface area contributed by atoms with Crippen molar-refractivity contribution in [3.63, 3.8) is 0 Å². The van der Waals surface area contributed by atoms with Gasteiger partial charge in [-0.2, -0.15) is 0 Å². The highest BCUT2D eigenvalue weighted by atomic mass is 16.3. The summed E-state index contributed by atoms with van der Waals surface area (Å²) in [7, 11) is 0. The van der Waals surface area contributed by atoms with Gasteiger partial charge in [-0.05, 0) is 27.2 Å². The molecule has 2 rings (SSSR count). The minimum absolute atomic E-state index is 0.177. The van der Waals surface area contributed by atoms with Crippen molar-refractivity contribution in [3.8, 4) is 0 Å². The quantitative estimate of drug-likeness (QED) is 0.818. The minimum atomic E-state index is -0.925. The van der Waals surface area contributed by atoms with Crippen LogP contribution in [0.5, 0.6) is 0 Å². The third kappa shape index (κ3) is 2.46. The molecule has 0 saturated carbocycles. The lowest BCUT2D eigenvalue weighted by molar-refractivity contribution is 0.0654. The van der Waals surface area contributed by atoms with Crippen LogP contribution in [0, 0.1) is 0 Å². The number of nitrogens with zero attached hydrogens (tertiary/aromatic N) is 3. The highest BCUT2D eigenvalue weighted by Gasteiger charge is 2.17. The number of aromatic nitrogens is 4. The second-order valence-corrected chi connectivity index (χ2v) is 5.15. The van der Waals surface area contributed by atoms with Crippen molar-refractivity contribution in [2.45, 2.75) is 45.9 Å². The molecule has 2 heterocycles. The Morgan fingerprint density at radius 2 is 2.05 bits per heavy atom. The second-order valence-electron chi connectivity index (χ2n) is 5.15. The Morgan fingerprint density at radius 1 is 1.37 bits per heavy atom. The van der Waals surface area contributed by atoms with E-state index in [0.717, 1.165) is 4.57 Å². The molecule has 0 unspecified atom stereocenters. The van der Waals surface area contributed by atoms with Crippen molar-refractivity contribution < 1.29 is 5.11 Å². The molecule has 0 aliphatic heterocycles. The minimum Gasteiger partial charge on any atom is -0.390 e. The molecule has 104 valence electrons. The molecule has 2 aromatic rings. The number of rotatable bonds is 4. The summed E-state index contributed by atoms with van der Waals surface area (Å²) in [6.45, 7) is 5.72. The molecule has 19 heavy (non-hydrogen) atoms. The van der Waals surface area contributed by atoms with Gasteiger partial charge in [0.2, 0.25) is 0 Å². The van der Waals surface area contributed by atoms with Crippen molar-refractivity contribution in [1.29, 1.82) is 0 Å². The highest BCUT2D eigenvalue weighted by Crippen LogP contribution is 2.08. The van der Waals surface area contributed by atoms with E-state index in [1.54, 1.807) is 13.8 Å². The van der Waals surface area contributed by atoms with Crippen LogP contribution >= 0.6 is 0 Å². The highest BCUT2D eigenvalue weighted by molar-refractivity contribution is 5.68. The molecule has 0 aliphatic carbocycles. The van der Waals surface area contributed by atoms with Gasteiger partial charge in [0.25, 0.3) is 5.56 Å². The summed E-state index contributed by atoms with van der Waals surface area (Å²) < 4.78 is 2.58. The van der Waals surface area contributed by atoms with E-state index in [9.17, 15) is 14.7 Å². The van der Waals surface area contributed by atoms with E-state index < -0.39 is 16.9 Å². The van der Waals surface area contributed by atoms with Gasteiger partial charge in [-0.25, -0.2) is 9.78 Å². The van der Waals surface area contributed by atoms with Crippen molar-refractivity contribution in [2.75, 3.05) is 0 Å². The van der Waals surface area contributed by atoms with Crippen LogP contribution in [0.4, 0.5) is 0 Å².